The molecule has 16 heavy (non-hydrogen) atoms. The molecule has 1 aromatic rings. The number of hydrogen-bond donors (Lipinski definition) is 1. The zero-order valence-electron chi connectivity index (χ0n) is 10.2. The Balaban J connectivity index is 2.64. The number of pyridine rings is 1. The van der Waals surface area contributed by atoms with Gasteiger partial charge in [0.05, 0.1) is 5.02 Å². The Hall–Kier alpha value is -0.640. The van der Waals surface area contributed by atoms with Crippen LogP contribution in [0.15, 0.2) is 18.5 Å². The van der Waals surface area contributed by atoms with E-state index in [-0.39, 0.29) is 0 Å². The van der Waals surface area contributed by atoms with E-state index in [1.165, 1.54) is 0 Å². The third kappa shape index (κ3) is 4.47. The van der Waals surface area contributed by atoms with Gasteiger partial charge >= 0.3 is 0 Å². The van der Waals surface area contributed by atoms with E-state index in [4.69, 9.17) is 11.6 Å². The van der Waals surface area contributed by atoms with E-state index >= 15 is 0 Å². The summed E-state index contributed by atoms with van der Waals surface area (Å²) >= 11 is 6.10. The van der Waals surface area contributed by atoms with E-state index in [0.717, 1.165) is 30.1 Å². The summed E-state index contributed by atoms with van der Waals surface area (Å²) in [5.74, 6) is 0. The van der Waals surface area contributed by atoms with Crippen LogP contribution in [-0.2, 0) is 6.42 Å². The van der Waals surface area contributed by atoms with Crippen molar-refractivity contribution in [3.05, 3.63) is 29.0 Å². The minimum Gasteiger partial charge on any atom is -0.313 e. The van der Waals surface area contributed by atoms with Gasteiger partial charge in [0.25, 0.3) is 0 Å². The number of rotatable bonds is 6. The number of likely N-dealkylation sites (N-methyl/N-ethyl adjacent to an activating group) is 2. The molecule has 1 aromatic heterocycles. The highest BCUT2D eigenvalue weighted by Crippen LogP contribution is 2.15. The number of nitrogens with one attached hydrogen (secondary N) is 1. The van der Waals surface area contributed by atoms with E-state index in [0.29, 0.717) is 6.04 Å². The Morgan fingerprint density at radius 3 is 2.81 bits per heavy atom. The summed E-state index contributed by atoms with van der Waals surface area (Å²) in [6, 6.07) is 2.42. The molecule has 0 spiro atoms. The van der Waals surface area contributed by atoms with E-state index in [1.54, 1.807) is 12.4 Å². The standard InChI is InChI=1S/C12H20ClN3/c1-4-15-11(9-16(2)3)7-10-5-6-14-8-12(10)13/h5-6,8,11,15H,4,7,9H2,1-3H3. The predicted molar refractivity (Wildman–Crippen MR) is 69.0 cm³/mol. The number of halogens is 1. The summed E-state index contributed by atoms with van der Waals surface area (Å²) in [5, 5.41) is 4.22. The molecule has 1 heterocycles. The van der Waals surface area contributed by atoms with Gasteiger partial charge in [-0.2, -0.15) is 0 Å². The van der Waals surface area contributed by atoms with Crippen molar-refractivity contribution < 1.29 is 0 Å². The molecule has 0 saturated heterocycles. The van der Waals surface area contributed by atoms with Crippen molar-refractivity contribution in [1.82, 2.24) is 15.2 Å². The summed E-state index contributed by atoms with van der Waals surface area (Å²) in [6.07, 6.45) is 4.43. The van der Waals surface area contributed by atoms with Crippen LogP contribution in [0.4, 0.5) is 0 Å². The lowest BCUT2D eigenvalue weighted by molar-refractivity contribution is 0.339. The van der Waals surface area contributed by atoms with Gasteiger partial charge in [-0.3, -0.25) is 4.98 Å². The van der Waals surface area contributed by atoms with Crippen molar-refractivity contribution in [2.45, 2.75) is 19.4 Å². The molecular weight excluding hydrogens is 222 g/mol. The summed E-state index contributed by atoms with van der Waals surface area (Å²) in [4.78, 5) is 6.18. The first kappa shape index (κ1) is 13.4. The zero-order chi connectivity index (χ0) is 12.0. The number of nitrogens with zero attached hydrogens (tertiary/aromatic N) is 2. The maximum Gasteiger partial charge on any atom is 0.0621 e. The van der Waals surface area contributed by atoms with Crippen LogP contribution in [-0.4, -0.2) is 43.1 Å². The number of hydrogen-bond acceptors (Lipinski definition) is 3. The third-order valence-electron chi connectivity index (χ3n) is 2.40. The molecule has 0 saturated carbocycles. The van der Waals surface area contributed by atoms with Gasteiger partial charge in [-0.1, -0.05) is 18.5 Å². The third-order valence-corrected chi connectivity index (χ3v) is 2.74. The van der Waals surface area contributed by atoms with E-state index in [9.17, 15) is 0 Å². The van der Waals surface area contributed by atoms with Crippen LogP contribution in [0.3, 0.4) is 0 Å². The van der Waals surface area contributed by atoms with Crippen molar-refractivity contribution in [3.63, 3.8) is 0 Å². The van der Waals surface area contributed by atoms with Gasteiger partial charge in [0.1, 0.15) is 0 Å². The van der Waals surface area contributed by atoms with Gasteiger partial charge in [0.2, 0.25) is 0 Å². The van der Waals surface area contributed by atoms with Crippen LogP contribution in [0.25, 0.3) is 0 Å². The number of aromatic nitrogens is 1. The Morgan fingerprint density at radius 2 is 2.25 bits per heavy atom. The highest BCUT2D eigenvalue weighted by atomic mass is 35.5. The SMILES string of the molecule is CCNC(Cc1ccncc1Cl)CN(C)C. The maximum atomic E-state index is 6.10. The normalized spacial score (nSPS) is 13.1. The fourth-order valence-electron chi connectivity index (χ4n) is 1.77. The van der Waals surface area contributed by atoms with E-state index in [2.05, 4.69) is 36.2 Å². The van der Waals surface area contributed by atoms with Crippen LogP contribution < -0.4 is 5.32 Å². The quantitative estimate of drug-likeness (QED) is 0.824. The topological polar surface area (TPSA) is 28.2 Å². The highest BCUT2D eigenvalue weighted by Gasteiger charge is 2.11. The largest absolute Gasteiger partial charge is 0.313 e. The second kappa shape index (κ2) is 6.84. The van der Waals surface area contributed by atoms with Crippen molar-refractivity contribution in [3.8, 4) is 0 Å². The smallest absolute Gasteiger partial charge is 0.0621 e. The van der Waals surface area contributed by atoms with Crippen LogP contribution >= 0.6 is 11.6 Å². The van der Waals surface area contributed by atoms with Gasteiger partial charge in [-0.15, -0.1) is 0 Å². The molecule has 90 valence electrons. The summed E-state index contributed by atoms with van der Waals surface area (Å²) in [7, 11) is 4.16. The van der Waals surface area contributed by atoms with Gasteiger partial charge in [0.15, 0.2) is 0 Å². The molecule has 0 radical (unpaired) electrons. The molecule has 0 aromatic carbocycles. The average Bonchev–Trinajstić information content (AvgIpc) is 2.21. The highest BCUT2D eigenvalue weighted by molar-refractivity contribution is 6.31. The summed E-state index contributed by atoms with van der Waals surface area (Å²) in [5.41, 5.74) is 1.16. The van der Waals surface area contributed by atoms with Gasteiger partial charge in [-0.25, -0.2) is 0 Å². The van der Waals surface area contributed by atoms with E-state index in [1.807, 2.05) is 6.07 Å². The molecule has 0 aliphatic rings. The molecule has 1 atom stereocenters. The van der Waals surface area contributed by atoms with Crippen molar-refractivity contribution >= 4 is 11.6 Å². The first-order valence-corrected chi connectivity index (χ1v) is 5.97. The molecular formula is C12H20ClN3. The van der Waals surface area contributed by atoms with Crippen molar-refractivity contribution in [1.29, 1.82) is 0 Å². The molecule has 0 bridgehead atoms. The molecule has 3 nitrogen and oxygen atoms in total. The molecule has 0 fully saturated rings. The molecule has 0 amide bonds. The summed E-state index contributed by atoms with van der Waals surface area (Å²) < 4.78 is 0. The molecule has 0 aliphatic heterocycles. The van der Waals surface area contributed by atoms with Crippen LogP contribution in [0, 0.1) is 0 Å². The Morgan fingerprint density at radius 1 is 1.50 bits per heavy atom. The Bertz CT molecular complexity index is 315. The first-order chi connectivity index (χ1) is 7.63. The fraction of sp³-hybridized carbons (Fsp3) is 0.583. The minimum absolute atomic E-state index is 0.430. The maximum absolute atomic E-state index is 6.10. The fourth-order valence-corrected chi connectivity index (χ4v) is 1.96. The average molecular weight is 242 g/mol. The lowest BCUT2D eigenvalue weighted by Gasteiger charge is -2.22. The van der Waals surface area contributed by atoms with Crippen molar-refractivity contribution in [2.75, 3.05) is 27.2 Å². The lowest BCUT2D eigenvalue weighted by Crippen LogP contribution is -2.39. The Labute approximate surface area is 103 Å². The van der Waals surface area contributed by atoms with Crippen molar-refractivity contribution in [2.24, 2.45) is 0 Å². The summed E-state index contributed by atoms with van der Waals surface area (Å²) in [6.45, 7) is 4.10. The predicted octanol–water partition coefficient (Wildman–Crippen LogP) is 1.82. The van der Waals surface area contributed by atoms with Crippen LogP contribution in [0.2, 0.25) is 5.02 Å². The molecule has 4 heteroatoms. The lowest BCUT2D eigenvalue weighted by atomic mass is 10.1. The molecule has 1 unspecified atom stereocenters. The van der Waals surface area contributed by atoms with Crippen LogP contribution in [0.1, 0.15) is 12.5 Å². The first-order valence-electron chi connectivity index (χ1n) is 5.60. The second-order valence-electron chi connectivity index (χ2n) is 4.19. The minimum atomic E-state index is 0.430. The molecule has 1 N–H and O–H groups in total. The Kier molecular flexibility index (Phi) is 5.74. The second-order valence-corrected chi connectivity index (χ2v) is 4.60. The van der Waals surface area contributed by atoms with Crippen LogP contribution in [0.5, 0.6) is 0 Å². The molecule has 0 aliphatic carbocycles. The van der Waals surface area contributed by atoms with Gasteiger partial charge in [0, 0.05) is 25.0 Å². The van der Waals surface area contributed by atoms with Gasteiger partial charge < -0.3 is 10.2 Å². The molecule has 1 rings (SSSR count). The van der Waals surface area contributed by atoms with E-state index < -0.39 is 0 Å². The van der Waals surface area contributed by atoms with Gasteiger partial charge in [-0.05, 0) is 38.7 Å². The monoisotopic (exact) mass is 241 g/mol. The zero-order valence-corrected chi connectivity index (χ0v) is 11.0.